The first-order valence-corrected chi connectivity index (χ1v) is 10.4. The van der Waals surface area contributed by atoms with Gasteiger partial charge in [0.1, 0.15) is 5.01 Å². The lowest BCUT2D eigenvalue weighted by Crippen LogP contribution is -2.39. The summed E-state index contributed by atoms with van der Waals surface area (Å²) in [6, 6.07) is 14.5. The highest BCUT2D eigenvalue weighted by atomic mass is 32.1. The number of para-hydroxylation sites is 1. The molecule has 1 saturated heterocycles. The number of anilines is 1. The fourth-order valence-electron chi connectivity index (χ4n) is 3.75. The van der Waals surface area contributed by atoms with E-state index in [1.807, 2.05) is 18.2 Å². The number of thiazole rings is 1. The number of fused-ring (bicyclic) bond motifs is 1. The summed E-state index contributed by atoms with van der Waals surface area (Å²) < 4.78 is 1.22. The number of aryl methyl sites for hydroxylation is 1. The van der Waals surface area contributed by atoms with E-state index in [9.17, 15) is 4.79 Å². The standard InChI is InChI=1S/C22H25N3OS/c1-15-8-7-10-17(16(15)2)23-21(26)14-25-13-6-5-11-19(25)22-24-18-9-3-4-12-20(18)27-22/h3-4,7-10,12,19H,5-6,11,13-14H2,1-2H3,(H,23,26)/t19-/m0/s1. The van der Waals surface area contributed by atoms with Crippen LogP contribution in [0.2, 0.25) is 0 Å². The van der Waals surface area contributed by atoms with Gasteiger partial charge < -0.3 is 5.32 Å². The van der Waals surface area contributed by atoms with Gasteiger partial charge in [0.15, 0.2) is 0 Å². The molecule has 1 amide bonds. The Hall–Kier alpha value is -2.24. The van der Waals surface area contributed by atoms with Gasteiger partial charge in [-0.2, -0.15) is 0 Å². The topological polar surface area (TPSA) is 45.2 Å². The van der Waals surface area contributed by atoms with Crippen LogP contribution >= 0.6 is 11.3 Å². The molecule has 1 fully saturated rings. The van der Waals surface area contributed by atoms with Crippen molar-refractivity contribution in [1.29, 1.82) is 0 Å². The summed E-state index contributed by atoms with van der Waals surface area (Å²) in [6.07, 6.45) is 3.39. The minimum absolute atomic E-state index is 0.0525. The van der Waals surface area contributed by atoms with Crippen LogP contribution in [0.5, 0.6) is 0 Å². The molecule has 0 spiro atoms. The second-order valence-corrected chi connectivity index (χ2v) is 8.36. The number of amides is 1. The number of rotatable bonds is 4. The predicted octanol–water partition coefficient (Wildman–Crippen LogP) is 5.08. The average molecular weight is 380 g/mol. The van der Waals surface area contributed by atoms with Gasteiger partial charge in [-0.3, -0.25) is 9.69 Å². The summed E-state index contributed by atoms with van der Waals surface area (Å²) in [5.41, 5.74) is 4.29. The van der Waals surface area contributed by atoms with Crippen LogP contribution in [0.4, 0.5) is 5.69 Å². The molecular weight excluding hydrogens is 354 g/mol. The van der Waals surface area contributed by atoms with Gasteiger partial charge in [0.2, 0.25) is 5.91 Å². The fourth-order valence-corrected chi connectivity index (χ4v) is 4.89. The van der Waals surface area contributed by atoms with Gasteiger partial charge in [-0.05, 0) is 62.6 Å². The van der Waals surface area contributed by atoms with Crippen molar-refractivity contribution in [2.24, 2.45) is 0 Å². The highest BCUT2D eigenvalue weighted by Gasteiger charge is 2.28. The number of hydrogen-bond donors (Lipinski definition) is 1. The molecule has 140 valence electrons. The first-order chi connectivity index (χ1) is 13.1. The Bertz CT molecular complexity index is 932. The molecule has 4 nitrogen and oxygen atoms in total. The Labute approximate surface area is 164 Å². The average Bonchev–Trinajstić information content (AvgIpc) is 3.10. The molecule has 1 aliphatic rings. The van der Waals surface area contributed by atoms with Gasteiger partial charge in [0, 0.05) is 5.69 Å². The molecule has 2 heterocycles. The SMILES string of the molecule is Cc1cccc(NC(=O)CN2CCCC[C@H]2c2nc3ccccc3s2)c1C. The molecule has 1 aliphatic heterocycles. The second kappa shape index (κ2) is 7.79. The summed E-state index contributed by atoms with van der Waals surface area (Å²) in [5, 5.41) is 4.23. The Morgan fingerprint density at radius 3 is 2.89 bits per heavy atom. The monoisotopic (exact) mass is 379 g/mol. The quantitative estimate of drug-likeness (QED) is 0.688. The molecule has 27 heavy (non-hydrogen) atoms. The van der Waals surface area contributed by atoms with Crippen molar-refractivity contribution in [3.05, 3.63) is 58.6 Å². The molecule has 5 heteroatoms. The van der Waals surface area contributed by atoms with Gasteiger partial charge in [-0.15, -0.1) is 11.3 Å². The lowest BCUT2D eigenvalue weighted by molar-refractivity contribution is -0.118. The molecule has 1 aromatic heterocycles. The van der Waals surface area contributed by atoms with Crippen LogP contribution in [-0.2, 0) is 4.79 Å². The molecule has 1 atom stereocenters. The third kappa shape index (κ3) is 3.89. The lowest BCUT2D eigenvalue weighted by atomic mass is 10.0. The predicted molar refractivity (Wildman–Crippen MR) is 112 cm³/mol. The zero-order valence-electron chi connectivity index (χ0n) is 15.9. The third-order valence-corrected chi connectivity index (χ3v) is 6.57. The van der Waals surface area contributed by atoms with Crippen molar-refractivity contribution in [2.75, 3.05) is 18.4 Å². The smallest absolute Gasteiger partial charge is 0.238 e. The number of aromatic nitrogens is 1. The zero-order chi connectivity index (χ0) is 18.8. The Morgan fingerprint density at radius 1 is 1.19 bits per heavy atom. The number of likely N-dealkylation sites (tertiary alicyclic amines) is 1. The van der Waals surface area contributed by atoms with Crippen molar-refractivity contribution in [3.63, 3.8) is 0 Å². The first kappa shape index (κ1) is 18.1. The number of nitrogens with zero attached hydrogens (tertiary/aromatic N) is 2. The van der Waals surface area contributed by atoms with Crippen LogP contribution < -0.4 is 5.32 Å². The Balaban J connectivity index is 1.50. The lowest BCUT2D eigenvalue weighted by Gasteiger charge is -2.33. The van der Waals surface area contributed by atoms with Crippen molar-refractivity contribution in [3.8, 4) is 0 Å². The van der Waals surface area contributed by atoms with Gasteiger partial charge in [-0.1, -0.05) is 30.7 Å². The molecule has 0 unspecified atom stereocenters. The van der Waals surface area contributed by atoms with Crippen molar-refractivity contribution >= 4 is 33.1 Å². The molecular formula is C22H25N3OS. The van der Waals surface area contributed by atoms with Gasteiger partial charge >= 0.3 is 0 Å². The van der Waals surface area contributed by atoms with Crippen molar-refractivity contribution < 1.29 is 4.79 Å². The number of carbonyl (C=O) groups excluding carboxylic acids is 1. The van der Waals surface area contributed by atoms with Gasteiger partial charge in [0.25, 0.3) is 0 Å². The molecule has 0 saturated carbocycles. The van der Waals surface area contributed by atoms with Crippen LogP contribution in [0, 0.1) is 13.8 Å². The Morgan fingerprint density at radius 2 is 2.04 bits per heavy atom. The maximum absolute atomic E-state index is 12.7. The molecule has 0 aliphatic carbocycles. The summed E-state index contributed by atoms with van der Waals surface area (Å²) in [5.74, 6) is 0.0525. The van der Waals surface area contributed by atoms with Crippen LogP contribution in [0.3, 0.4) is 0 Å². The summed E-state index contributed by atoms with van der Waals surface area (Å²) >= 11 is 1.76. The maximum Gasteiger partial charge on any atom is 0.238 e. The normalized spacial score (nSPS) is 17.9. The van der Waals surface area contributed by atoms with E-state index < -0.39 is 0 Å². The fraction of sp³-hybridized carbons (Fsp3) is 0.364. The van der Waals surface area contributed by atoms with Gasteiger partial charge in [0.05, 0.1) is 22.8 Å². The van der Waals surface area contributed by atoms with Crippen molar-refractivity contribution in [1.82, 2.24) is 9.88 Å². The maximum atomic E-state index is 12.7. The van der Waals surface area contributed by atoms with Gasteiger partial charge in [-0.25, -0.2) is 4.98 Å². The van der Waals surface area contributed by atoms with E-state index in [2.05, 4.69) is 48.3 Å². The molecule has 2 aromatic carbocycles. The molecule has 3 aromatic rings. The second-order valence-electron chi connectivity index (χ2n) is 7.30. The number of hydrogen-bond acceptors (Lipinski definition) is 4. The number of benzene rings is 2. The van der Waals surface area contributed by atoms with E-state index in [0.717, 1.165) is 41.2 Å². The Kier molecular flexibility index (Phi) is 5.23. The van der Waals surface area contributed by atoms with E-state index in [0.29, 0.717) is 6.54 Å². The molecule has 1 N–H and O–H groups in total. The minimum Gasteiger partial charge on any atom is -0.325 e. The molecule has 4 rings (SSSR count). The molecule has 0 radical (unpaired) electrons. The number of nitrogens with one attached hydrogen (secondary N) is 1. The summed E-state index contributed by atoms with van der Waals surface area (Å²) in [4.78, 5) is 19.9. The zero-order valence-corrected chi connectivity index (χ0v) is 16.7. The highest BCUT2D eigenvalue weighted by Crippen LogP contribution is 2.35. The van der Waals surface area contributed by atoms with Crippen LogP contribution in [0.15, 0.2) is 42.5 Å². The number of carbonyl (C=O) groups is 1. The van der Waals surface area contributed by atoms with Crippen LogP contribution in [0.1, 0.15) is 41.4 Å². The third-order valence-electron chi connectivity index (χ3n) is 5.43. The van der Waals surface area contributed by atoms with E-state index in [1.54, 1.807) is 11.3 Å². The number of piperidine rings is 1. The highest BCUT2D eigenvalue weighted by molar-refractivity contribution is 7.18. The van der Waals surface area contributed by atoms with Crippen molar-refractivity contribution in [2.45, 2.75) is 39.2 Å². The summed E-state index contributed by atoms with van der Waals surface area (Å²) in [6.45, 7) is 5.48. The minimum atomic E-state index is 0.0525. The first-order valence-electron chi connectivity index (χ1n) is 9.57. The van der Waals surface area contributed by atoms with E-state index in [4.69, 9.17) is 4.98 Å². The largest absolute Gasteiger partial charge is 0.325 e. The van der Waals surface area contributed by atoms with Crippen LogP contribution in [-0.4, -0.2) is 28.9 Å². The van der Waals surface area contributed by atoms with E-state index in [1.165, 1.54) is 16.7 Å². The molecule has 0 bridgehead atoms. The van der Waals surface area contributed by atoms with E-state index in [-0.39, 0.29) is 11.9 Å². The van der Waals surface area contributed by atoms with Crippen LogP contribution in [0.25, 0.3) is 10.2 Å². The van der Waals surface area contributed by atoms with E-state index >= 15 is 0 Å². The summed E-state index contributed by atoms with van der Waals surface area (Å²) in [7, 11) is 0.